The molecule has 0 N–H and O–H groups in total. The Hall–Kier alpha value is -7.23. The number of benzene rings is 8. The van der Waals surface area contributed by atoms with Crippen LogP contribution in [0.5, 0.6) is 0 Å². The van der Waals surface area contributed by atoms with Crippen LogP contribution in [0.3, 0.4) is 0 Å². The Kier molecular flexibility index (Phi) is 8.94. The molecule has 0 aliphatic carbocycles. The highest BCUT2D eigenvalue weighted by Gasteiger charge is 2.16. The molecular formula is C51H35N3. The van der Waals surface area contributed by atoms with Crippen molar-refractivity contribution >= 4 is 0 Å². The first kappa shape index (κ1) is 32.7. The Bertz CT molecular complexity index is 2550. The predicted molar refractivity (Wildman–Crippen MR) is 223 cm³/mol. The molecule has 9 rings (SSSR count). The summed E-state index contributed by atoms with van der Waals surface area (Å²) in [5, 5.41) is 0. The van der Waals surface area contributed by atoms with Gasteiger partial charge in [0.05, 0.1) is 0 Å². The van der Waals surface area contributed by atoms with Gasteiger partial charge in [0, 0.05) is 16.7 Å². The highest BCUT2D eigenvalue weighted by atomic mass is 15.0. The van der Waals surface area contributed by atoms with Gasteiger partial charge in [-0.15, -0.1) is 0 Å². The van der Waals surface area contributed by atoms with Gasteiger partial charge in [-0.25, -0.2) is 15.0 Å². The summed E-state index contributed by atoms with van der Waals surface area (Å²) < 4.78 is 0. The van der Waals surface area contributed by atoms with Gasteiger partial charge in [-0.3, -0.25) is 0 Å². The first-order chi connectivity index (χ1) is 26.7. The van der Waals surface area contributed by atoms with Crippen LogP contribution < -0.4 is 0 Å². The van der Waals surface area contributed by atoms with Crippen molar-refractivity contribution in [3.05, 3.63) is 212 Å². The lowest BCUT2D eigenvalue weighted by Crippen LogP contribution is -2.00. The van der Waals surface area contributed by atoms with Crippen LogP contribution in [-0.2, 0) is 0 Å². The van der Waals surface area contributed by atoms with E-state index in [1.807, 2.05) is 48.5 Å². The van der Waals surface area contributed by atoms with Crippen molar-refractivity contribution in [3.8, 4) is 89.8 Å². The van der Waals surface area contributed by atoms with E-state index in [0.29, 0.717) is 17.5 Å². The normalized spacial score (nSPS) is 11.0. The number of rotatable bonds is 8. The predicted octanol–water partition coefficient (Wildman–Crippen LogP) is 13.2. The van der Waals surface area contributed by atoms with Gasteiger partial charge in [0.2, 0.25) is 0 Å². The third kappa shape index (κ3) is 6.99. The second kappa shape index (κ2) is 14.8. The van der Waals surface area contributed by atoms with E-state index in [1.54, 1.807) is 0 Å². The molecule has 3 heteroatoms. The molecule has 0 amide bonds. The first-order valence-corrected chi connectivity index (χ1v) is 18.2. The lowest BCUT2D eigenvalue weighted by atomic mass is 9.93. The van der Waals surface area contributed by atoms with Crippen LogP contribution in [0.1, 0.15) is 0 Å². The molecule has 254 valence electrons. The number of hydrogen-bond acceptors (Lipinski definition) is 3. The summed E-state index contributed by atoms with van der Waals surface area (Å²) in [4.78, 5) is 15.4. The fourth-order valence-corrected chi connectivity index (χ4v) is 6.88. The largest absolute Gasteiger partial charge is 0.208 e. The molecule has 0 saturated carbocycles. The minimum absolute atomic E-state index is 0.619. The summed E-state index contributed by atoms with van der Waals surface area (Å²) in [6.07, 6.45) is 0. The van der Waals surface area contributed by atoms with Gasteiger partial charge in [0.15, 0.2) is 17.5 Å². The standard InChI is InChI=1S/C51H35N3/c1-5-14-36(15-6-1)39-24-28-41(29-25-39)46-33-47(42-30-26-40(27-31-42)37-16-7-2-8-17-37)35-48(34-46)51-53-49(43-20-11-4-12-21-43)52-50(54-51)45-23-13-22-44(32-45)38-18-9-3-10-19-38/h1-35H. The van der Waals surface area contributed by atoms with E-state index in [1.165, 1.54) is 22.3 Å². The molecule has 9 aromatic rings. The SMILES string of the molecule is c1ccc(-c2ccc(-c3cc(-c4ccc(-c5ccccc5)cc4)cc(-c4nc(-c5ccccc5)nc(-c5cccc(-c6ccccc6)c5)n4)c3)cc2)cc1. The Balaban J connectivity index is 1.19. The second-order valence-electron chi connectivity index (χ2n) is 13.3. The van der Waals surface area contributed by atoms with Crippen molar-refractivity contribution in [2.75, 3.05) is 0 Å². The fraction of sp³-hybridized carbons (Fsp3) is 0. The molecule has 0 unspecified atom stereocenters. The van der Waals surface area contributed by atoms with E-state index in [0.717, 1.165) is 50.1 Å². The second-order valence-corrected chi connectivity index (χ2v) is 13.3. The third-order valence-corrected chi connectivity index (χ3v) is 9.74. The zero-order valence-electron chi connectivity index (χ0n) is 29.5. The fourth-order valence-electron chi connectivity index (χ4n) is 6.88. The van der Waals surface area contributed by atoms with Crippen molar-refractivity contribution < 1.29 is 0 Å². The zero-order chi connectivity index (χ0) is 36.1. The smallest absolute Gasteiger partial charge is 0.164 e. The highest BCUT2D eigenvalue weighted by molar-refractivity contribution is 5.82. The maximum Gasteiger partial charge on any atom is 0.164 e. The minimum Gasteiger partial charge on any atom is -0.208 e. The maximum absolute atomic E-state index is 5.19. The molecule has 0 aliphatic heterocycles. The molecule has 0 radical (unpaired) electrons. The van der Waals surface area contributed by atoms with Gasteiger partial charge >= 0.3 is 0 Å². The van der Waals surface area contributed by atoms with E-state index in [4.69, 9.17) is 15.0 Å². The lowest BCUT2D eigenvalue weighted by Gasteiger charge is -2.13. The number of nitrogens with zero attached hydrogens (tertiary/aromatic N) is 3. The summed E-state index contributed by atoms with van der Waals surface area (Å²) in [5.41, 5.74) is 14.2. The van der Waals surface area contributed by atoms with Gasteiger partial charge in [-0.2, -0.15) is 0 Å². The molecule has 0 aliphatic rings. The summed E-state index contributed by atoms with van der Waals surface area (Å²) in [7, 11) is 0. The molecule has 0 saturated heterocycles. The van der Waals surface area contributed by atoms with Gasteiger partial charge in [0.25, 0.3) is 0 Å². The lowest BCUT2D eigenvalue weighted by molar-refractivity contribution is 1.07. The van der Waals surface area contributed by atoms with Crippen molar-refractivity contribution in [2.24, 2.45) is 0 Å². The van der Waals surface area contributed by atoms with E-state index >= 15 is 0 Å². The summed E-state index contributed by atoms with van der Waals surface area (Å²) in [6, 6.07) is 74.2. The van der Waals surface area contributed by atoms with Gasteiger partial charge in [-0.05, 0) is 79.9 Å². The molecule has 1 aromatic heterocycles. The van der Waals surface area contributed by atoms with E-state index in [-0.39, 0.29) is 0 Å². The molecule has 1 heterocycles. The Morgan fingerprint density at radius 3 is 0.870 bits per heavy atom. The van der Waals surface area contributed by atoms with Crippen molar-refractivity contribution in [3.63, 3.8) is 0 Å². The summed E-state index contributed by atoms with van der Waals surface area (Å²) in [5.74, 6) is 1.88. The Labute approximate surface area is 316 Å². The molecule has 8 aromatic carbocycles. The zero-order valence-corrected chi connectivity index (χ0v) is 29.5. The van der Waals surface area contributed by atoms with Crippen LogP contribution in [0.15, 0.2) is 212 Å². The first-order valence-electron chi connectivity index (χ1n) is 18.2. The van der Waals surface area contributed by atoms with Gasteiger partial charge in [-0.1, -0.05) is 188 Å². The minimum atomic E-state index is 0.619. The van der Waals surface area contributed by atoms with E-state index < -0.39 is 0 Å². The molecule has 54 heavy (non-hydrogen) atoms. The van der Waals surface area contributed by atoms with Crippen molar-refractivity contribution in [1.82, 2.24) is 15.0 Å². The number of hydrogen-bond donors (Lipinski definition) is 0. The van der Waals surface area contributed by atoms with Crippen LogP contribution >= 0.6 is 0 Å². The molecule has 0 atom stereocenters. The van der Waals surface area contributed by atoms with Crippen LogP contribution in [0.2, 0.25) is 0 Å². The topological polar surface area (TPSA) is 38.7 Å². The highest BCUT2D eigenvalue weighted by Crippen LogP contribution is 2.35. The van der Waals surface area contributed by atoms with Crippen molar-refractivity contribution in [1.29, 1.82) is 0 Å². The van der Waals surface area contributed by atoms with Crippen molar-refractivity contribution in [2.45, 2.75) is 0 Å². The summed E-state index contributed by atoms with van der Waals surface area (Å²) in [6.45, 7) is 0. The maximum atomic E-state index is 5.19. The van der Waals surface area contributed by atoms with E-state index in [9.17, 15) is 0 Å². The molecular weight excluding hydrogens is 655 g/mol. The number of aromatic nitrogens is 3. The monoisotopic (exact) mass is 689 g/mol. The average molecular weight is 690 g/mol. The molecule has 0 bridgehead atoms. The quantitative estimate of drug-likeness (QED) is 0.159. The van der Waals surface area contributed by atoms with Crippen LogP contribution in [0.4, 0.5) is 0 Å². The van der Waals surface area contributed by atoms with Gasteiger partial charge < -0.3 is 0 Å². The van der Waals surface area contributed by atoms with Gasteiger partial charge in [0.1, 0.15) is 0 Å². The molecule has 0 spiro atoms. The average Bonchev–Trinajstić information content (AvgIpc) is 3.27. The summed E-state index contributed by atoms with van der Waals surface area (Å²) >= 11 is 0. The Morgan fingerprint density at radius 1 is 0.167 bits per heavy atom. The molecule has 0 fully saturated rings. The van der Waals surface area contributed by atoms with Crippen LogP contribution in [-0.4, -0.2) is 15.0 Å². The van der Waals surface area contributed by atoms with Crippen LogP contribution in [0.25, 0.3) is 89.8 Å². The molecule has 3 nitrogen and oxygen atoms in total. The van der Waals surface area contributed by atoms with E-state index in [2.05, 4.69) is 164 Å². The third-order valence-electron chi connectivity index (χ3n) is 9.74. The Morgan fingerprint density at radius 2 is 0.426 bits per heavy atom. The van der Waals surface area contributed by atoms with Crippen LogP contribution in [0, 0.1) is 0 Å².